The molecule has 0 amide bonds. The van der Waals surface area contributed by atoms with E-state index in [1.807, 2.05) is 0 Å². The average Bonchev–Trinajstić information content (AvgIpc) is 3.52. The molecule has 0 bridgehead atoms. The molecular formula is C75H147N3O8. The van der Waals surface area contributed by atoms with Crippen molar-refractivity contribution in [3.05, 3.63) is 0 Å². The van der Waals surface area contributed by atoms with Gasteiger partial charge in [-0.15, -0.1) is 0 Å². The van der Waals surface area contributed by atoms with Crippen molar-refractivity contribution in [1.29, 1.82) is 0 Å². The fourth-order valence-corrected chi connectivity index (χ4v) is 12.0. The van der Waals surface area contributed by atoms with E-state index in [-0.39, 0.29) is 48.3 Å². The van der Waals surface area contributed by atoms with Crippen molar-refractivity contribution in [3.8, 4) is 0 Å². The van der Waals surface area contributed by atoms with Gasteiger partial charge in [-0.05, 0) is 201 Å². The number of hydrogen-bond donors (Lipinski definition) is 0. The van der Waals surface area contributed by atoms with E-state index in [1.54, 1.807) is 0 Å². The monoisotopic (exact) mass is 1220 g/mol. The first-order valence-electron chi connectivity index (χ1n) is 37.9. The van der Waals surface area contributed by atoms with Crippen LogP contribution < -0.4 is 0 Å². The number of nitrogens with zero attached hydrogens (tertiary/aromatic N) is 3. The molecule has 0 spiro atoms. The quantitative estimate of drug-likeness (QED) is 0.0329. The molecule has 4 unspecified atom stereocenters. The van der Waals surface area contributed by atoms with Crippen LogP contribution >= 0.6 is 0 Å². The summed E-state index contributed by atoms with van der Waals surface area (Å²) < 4.78 is 23.2. The normalized spacial score (nSPS) is 13.2. The highest BCUT2D eigenvalue weighted by atomic mass is 16.6. The van der Waals surface area contributed by atoms with Crippen molar-refractivity contribution in [2.75, 3.05) is 59.4 Å². The van der Waals surface area contributed by atoms with E-state index in [4.69, 9.17) is 18.9 Å². The molecular weight excluding hydrogens is 1070 g/mol. The Morgan fingerprint density at radius 2 is 0.442 bits per heavy atom. The molecule has 86 heavy (non-hydrogen) atoms. The summed E-state index contributed by atoms with van der Waals surface area (Å²) in [7, 11) is 2.32. The van der Waals surface area contributed by atoms with E-state index in [9.17, 15) is 19.2 Å². The van der Waals surface area contributed by atoms with Gasteiger partial charge in [-0.1, -0.05) is 209 Å². The molecule has 11 nitrogen and oxygen atoms in total. The van der Waals surface area contributed by atoms with Crippen LogP contribution in [0.15, 0.2) is 0 Å². The summed E-state index contributed by atoms with van der Waals surface area (Å²) in [6, 6.07) is 0. The first-order valence-corrected chi connectivity index (χ1v) is 37.9. The Balaban J connectivity index is 5.15. The van der Waals surface area contributed by atoms with Gasteiger partial charge in [0.15, 0.2) is 0 Å². The number of rotatable bonds is 68. The molecule has 0 aromatic rings. The van der Waals surface area contributed by atoms with Gasteiger partial charge in [0.05, 0.1) is 0 Å². The fourth-order valence-electron chi connectivity index (χ4n) is 12.0. The van der Waals surface area contributed by atoms with Gasteiger partial charge < -0.3 is 33.6 Å². The third kappa shape index (κ3) is 55.8. The molecule has 0 fully saturated rings. The lowest BCUT2D eigenvalue weighted by molar-refractivity contribution is -0.150. The minimum Gasteiger partial charge on any atom is -0.462 e. The molecule has 0 rings (SSSR count). The molecule has 4 atom stereocenters. The van der Waals surface area contributed by atoms with Crippen LogP contribution in [0.5, 0.6) is 0 Å². The third-order valence-corrected chi connectivity index (χ3v) is 18.0. The lowest BCUT2D eigenvalue weighted by Gasteiger charge is -2.26. The Kier molecular flexibility index (Phi) is 62.6. The van der Waals surface area contributed by atoms with Crippen molar-refractivity contribution >= 4 is 23.9 Å². The predicted molar refractivity (Wildman–Crippen MR) is 366 cm³/mol. The zero-order valence-corrected chi connectivity index (χ0v) is 58.9. The maximum absolute atomic E-state index is 12.5. The summed E-state index contributed by atoms with van der Waals surface area (Å²) in [6.45, 7) is 26.6. The Hall–Kier alpha value is -2.24. The third-order valence-electron chi connectivity index (χ3n) is 18.0. The standard InChI is InChI=1S/C75H147N3O8/c1-10-18-38-52-68(14-5)83-72(79)56-42-30-22-26-34-46-62-77(63-47-35-27-23-31-43-57-73(80)84-69(15-6)53-39-19-11-2)66-50-60-76(9)61-51-67-78(64-48-36-28-24-32-44-58-74(81)85-70(16-7)54-40-20-12-3)65-49-37-29-25-33-45-59-75(82)86-71(17-8)55-41-21-13-4/h68-71H,10-67H2,1-9H3. The van der Waals surface area contributed by atoms with Crippen LogP contribution in [0.25, 0.3) is 0 Å². The topological polar surface area (TPSA) is 115 Å². The van der Waals surface area contributed by atoms with Crippen LogP contribution in [0.3, 0.4) is 0 Å². The molecule has 510 valence electrons. The summed E-state index contributed by atoms with van der Waals surface area (Å²) >= 11 is 0. The van der Waals surface area contributed by atoms with E-state index >= 15 is 0 Å². The molecule has 0 N–H and O–H groups in total. The van der Waals surface area contributed by atoms with Gasteiger partial charge in [0.2, 0.25) is 0 Å². The highest BCUT2D eigenvalue weighted by Crippen LogP contribution is 2.19. The van der Waals surface area contributed by atoms with Gasteiger partial charge in [-0.25, -0.2) is 0 Å². The smallest absolute Gasteiger partial charge is 0.306 e. The Bertz CT molecular complexity index is 1280. The van der Waals surface area contributed by atoms with Crippen LogP contribution in [0.4, 0.5) is 0 Å². The van der Waals surface area contributed by atoms with Gasteiger partial charge in [0.1, 0.15) is 24.4 Å². The van der Waals surface area contributed by atoms with Crippen LogP contribution in [-0.4, -0.2) is 122 Å². The second kappa shape index (κ2) is 64.3. The van der Waals surface area contributed by atoms with Gasteiger partial charge in [0.25, 0.3) is 0 Å². The predicted octanol–water partition coefficient (Wildman–Crippen LogP) is 20.8. The molecule has 0 radical (unpaired) electrons. The molecule has 11 heteroatoms. The van der Waals surface area contributed by atoms with Gasteiger partial charge in [0, 0.05) is 25.7 Å². The van der Waals surface area contributed by atoms with Crippen molar-refractivity contribution in [2.24, 2.45) is 0 Å². The Morgan fingerprint density at radius 3 is 0.651 bits per heavy atom. The SMILES string of the molecule is CCCCCC(CC)OC(=O)CCCCCCCCN(CCCCCCCCC(=O)OC(CC)CCCCC)CCCN(C)CCCN(CCCCCCCCC(=O)OC(CC)CCCCC)CCCCCCCCC(=O)OC(CC)CCCCC. The average molecular weight is 1220 g/mol. The fraction of sp³-hybridized carbons (Fsp3) is 0.947. The summed E-state index contributed by atoms with van der Waals surface area (Å²) in [6.07, 6.45) is 54.7. The highest BCUT2D eigenvalue weighted by Gasteiger charge is 2.17. The number of unbranched alkanes of at least 4 members (excludes halogenated alkanes) is 28. The molecule has 0 aromatic carbocycles. The van der Waals surface area contributed by atoms with Crippen molar-refractivity contribution in [3.63, 3.8) is 0 Å². The number of esters is 4. The molecule has 0 aliphatic heterocycles. The summed E-state index contributed by atoms with van der Waals surface area (Å²) in [5, 5.41) is 0. The lowest BCUT2D eigenvalue weighted by Crippen LogP contribution is -2.32. The zero-order valence-electron chi connectivity index (χ0n) is 58.9. The first-order chi connectivity index (χ1) is 42.0. The van der Waals surface area contributed by atoms with Gasteiger partial charge in [-0.3, -0.25) is 19.2 Å². The van der Waals surface area contributed by atoms with Crippen LogP contribution in [0, 0.1) is 0 Å². The minimum absolute atomic E-state index is 0.00454. The van der Waals surface area contributed by atoms with Gasteiger partial charge >= 0.3 is 23.9 Å². The van der Waals surface area contributed by atoms with E-state index in [2.05, 4.69) is 77.1 Å². The first kappa shape index (κ1) is 83.8. The second-order valence-corrected chi connectivity index (χ2v) is 26.2. The highest BCUT2D eigenvalue weighted by molar-refractivity contribution is 5.70. The van der Waals surface area contributed by atoms with Crippen LogP contribution in [-0.2, 0) is 38.1 Å². The van der Waals surface area contributed by atoms with Crippen LogP contribution in [0.2, 0.25) is 0 Å². The molecule has 0 heterocycles. The van der Waals surface area contributed by atoms with Crippen molar-refractivity contribution in [1.82, 2.24) is 14.7 Å². The molecule has 0 saturated heterocycles. The summed E-state index contributed by atoms with van der Waals surface area (Å²) in [5.74, 6) is -0.0182. The Labute approximate surface area is 534 Å². The Morgan fingerprint density at radius 1 is 0.244 bits per heavy atom. The van der Waals surface area contributed by atoms with Crippen LogP contribution in [0.1, 0.15) is 376 Å². The van der Waals surface area contributed by atoms with Gasteiger partial charge in [-0.2, -0.15) is 0 Å². The van der Waals surface area contributed by atoms with E-state index in [0.717, 1.165) is 155 Å². The molecule has 0 saturated carbocycles. The van der Waals surface area contributed by atoms with E-state index in [1.165, 1.54) is 193 Å². The lowest BCUT2D eigenvalue weighted by atomic mass is 10.1. The second-order valence-electron chi connectivity index (χ2n) is 26.2. The minimum atomic E-state index is -0.00454. The number of ether oxygens (including phenoxy) is 4. The maximum Gasteiger partial charge on any atom is 0.306 e. The van der Waals surface area contributed by atoms with Crippen molar-refractivity contribution < 1.29 is 38.1 Å². The van der Waals surface area contributed by atoms with Crippen molar-refractivity contribution in [2.45, 2.75) is 401 Å². The number of carbonyl (C=O) groups is 4. The van der Waals surface area contributed by atoms with E-state index < -0.39 is 0 Å². The number of carbonyl (C=O) groups excluding carboxylic acids is 4. The molecule has 0 aliphatic rings. The summed E-state index contributed by atoms with van der Waals surface area (Å²) in [4.78, 5) is 58.2. The molecule has 0 aromatic heterocycles. The largest absolute Gasteiger partial charge is 0.462 e. The maximum atomic E-state index is 12.5. The van der Waals surface area contributed by atoms with E-state index in [0.29, 0.717) is 25.7 Å². The zero-order chi connectivity index (χ0) is 63.2. The molecule has 0 aliphatic carbocycles. The number of hydrogen-bond acceptors (Lipinski definition) is 11. The summed E-state index contributed by atoms with van der Waals surface area (Å²) in [5.41, 5.74) is 0.